The fourth-order valence-electron chi connectivity index (χ4n) is 2.94. The van der Waals surface area contributed by atoms with E-state index in [1.165, 1.54) is 0 Å². The van der Waals surface area contributed by atoms with Gasteiger partial charge in [-0.2, -0.15) is 0 Å². The lowest BCUT2D eigenvalue weighted by atomic mass is 10.1. The standard InChI is InChI=1S/C22H19N3O3/c26-21(15-7-6-10-17(13-15)23-16-8-2-1-3-9-16)25-19-14-28-20-12-5-4-11-18(20)24-22(19)27/h1-13,19,23H,14H2,(H,24,27)(H,25,26). The van der Waals surface area contributed by atoms with E-state index in [2.05, 4.69) is 16.0 Å². The first-order valence-corrected chi connectivity index (χ1v) is 8.95. The van der Waals surface area contributed by atoms with E-state index in [1.54, 1.807) is 30.3 Å². The van der Waals surface area contributed by atoms with Crippen molar-refractivity contribution in [3.8, 4) is 5.75 Å². The van der Waals surface area contributed by atoms with Crippen molar-refractivity contribution >= 4 is 28.9 Å². The van der Waals surface area contributed by atoms with Crippen LogP contribution in [0.25, 0.3) is 0 Å². The van der Waals surface area contributed by atoms with Gasteiger partial charge in [-0.15, -0.1) is 0 Å². The summed E-state index contributed by atoms with van der Waals surface area (Å²) in [5.74, 6) is -0.0649. The number of hydrogen-bond acceptors (Lipinski definition) is 4. The smallest absolute Gasteiger partial charge is 0.252 e. The summed E-state index contributed by atoms with van der Waals surface area (Å²) in [6.45, 7) is 0.0660. The number of fused-ring (bicyclic) bond motifs is 1. The van der Waals surface area contributed by atoms with Crippen LogP contribution in [0.3, 0.4) is 0 Å². The fraction of sp³-hybridized carbons (Fsp3) is 0.0909. The SMILES string of the molecule is O=C(NC1COc2ccccc2NC1=O)c1cccc(Nc2ccccc2)c1. The van der Waals surface area contributed by atoms with E-state index < -0.39 is 6.04 Å². The maximum atomic E-state index is 12.7. The molecule has 0 saturated heterocycles. The summed E-state index contributed by atoms with van der Waals surface area (Å²) >= 11 is 0. The monoisotopic (exact) mass is 373 g/mol. The first kappa shape index (κ1) is 17.6. The number of hydrogen-bond donors (Lipinski definition) is 3. The van der Waals surface area contributed by atoms with Gasteiger partial charge in [-0.05, 0) is 42.5 Å². The Bertz CT molecular complexity index is 1000. The lowest BCUT2D eigenvalue weighted by Gasteiger charge is -2.15. The molecule has 0 aliphatic carbocycles. The van der Waals surface area contributed by atoms with Gasteiger partial charge < -0.3 is 20.7 Å². The zero-order valence-corrected chi connectivity index (χ0v) is 15.0. The predicted octanol–water partition coefficient (Wildman–Crippen LogP) is 3.56. The van der Waals surface area contributed by atoms with Gasteiger partial charge in [0.15, 0.2) is 0 Å². The number of carbonyl (C=O) groups is 2. The van der Waals surface area contributed by atoms with Crippen molar-refractivity contribution in [1.29, 1.82) is 0 Å². The number of amides is 2. The molecule has 3 aromatic carbocycles. The Labute approximate surface area is 162 Å². The van der Waals surface area contributed by atoms with Crippen LogP contribution < -0.4 is 20.7 Å². The summed E-state index contributed by atoms with van der Waals surface area (Å²) in [4.78, 5) is 25.1. The van der Waals surface area contributed by atoms with Crippen LogP contribution in [0, 0.1) is 0 Å². The second-order valence-corrected chi connectivity index (χ2v) is 6.39. The van der Waals surface area contributed by atoms with Gasteiger partial charge in [-0.3, -0.25) is 9.59 Å². The van der Waals surface area contributed by atoms with Crippen LogP contribution >= 0.6 is 0 Å². The van der Waals surface area contributed by atoms with Crippen molar-refractivity contribution < 1.29 is 14.3 Å². The van der Waals surface area contributed by atoms with E-state index >= 15 is 0 Å². The summed E-state index contributed by atoms with van der Waals surface area (Å²) < 4.78 is 5.66. The topological polar surface area (TPSA) is 79.5 Å². The summed E-state index contributed by atoms with van der Waals surface area (Å²) in [5.41, 5.74) is 2.76. The molecule has 0 fully saturated rings. The van der Waals surface area contributed by atoms with E-state index in [4.69, 9.17) is 4.74 Å². The summed E-state index contributed by atoms with van der Waals surface area (Å²) in [6, 6.07) is 23.2. The van der Waals surface area contributed by atoms with Crippen molar-refractivity contribution in [2.45, 2.75) is 6.04 Å². The lowest BCUT2D eigenvalue weighted by Crippen LogP contribution is -2.46. The molecule has 2 amide bonds. The molecule has 1 aliphatic heterocycles. The van der Waals surface area contributed by atoms with Gasteiger partial charge in [0.25, 0.3) is 11.8 Å². The van der Waals surface area contributed by atoms with Crippen molar-refractivity contribution in [3.63, 3.8) is 0 Å². The highest BCUT2D eigenvalue weighted by Gasteiger charge is 2.26. The van der Waals surface area contributed by atoms with Gasteiger partial charge in [0.05, 0.1) is 5.69 Å². The number of rotatable bonds is 4. The van der Waals surface area contributed by atoms with Crippen LogP contribution in [-0.4, -0.2) is 24.5 Å². The molecule has 4 rings (SSSR count). The molecule has 1 unspecified atom stereocenters. The minimum absolute atomic E-state index is 0.0660. The molecule has 3 aromatic rings. The van der Waals surface area contributed by atoms with Gasteiger partial charge in [-0.25, -0.2) is 0 Å². The van der Waals surface area contributed by atoms with E-state index in [0.717, 1.165) is 11.4 Å². The molecule has 0 spiro atoms. The van der Waals surface area contributed by atoms with Crippen LogP contribution in [0.15, 0.2) is 78.9 Å². The molecule has 140 valence electrons. The Morgan fingerprint density at radius 2 is 1.68 bits per heavy atom. The Morgan fingerprint density at radius 1 is 0.929 bits per heavy atom. The Morgan fingerprint density at radius 3 is 2.54 bits per heavy atom. The third-order valence-electron chi connectivity index (χ3n) is 4.36. The molecule has 1 atom stereocenters. The van der Waals surface area contributed by atoms with Gasteiger partial charge >= 0.3 is 0 Å². The Hall–Kier alpha value is -3.80. The molecular formula is C22H19N3O3. The van der Waals surface area contributed by atoms with E-state index in [1.807, 2.05) is 48.5 Å². The highest BCUT2D eigenvalue weighted by Crippen LogP contribution is 2.26. The van der Waals surface area contributed by atoms with Crippen LogP contribution in [0.2, 0.25) is 0 Å². The second kappa shape index (κ2) is 7.84. The molecule has 1 aliphatic rings. The van der Waals surface area contributed by atoms with Crippen molar-refractivity contribution in [3.05, 3.63) is 84.4 Å². The average molecular weight is 373 g/mol. The normalized spacial score (nSPS) is 15.4. The quantitative estimate of drug-likeness (QED) is 0.653. The van der Waals surface area contributed by atoms with Crippen molar-refractivity contribution in [2.75, 3.05) is 17.2 Å². The third-order valence-corrected chi connectivity index (χ3v) is 4.36. The van der Waals surface area contributed by atoms with E-state index in [0.29, 0.717) is 17.0 Å². The number of benzene rings is 3. The Kier molecular flexibility index (Phi) is 4.93. The van der Waals surface area contributed by atoms with Crippen molar-refractivity contribution in [1.82, 2.24) is 5.32 Å². The summed E-state index contributed by atoms with van der Waals surface area (Å²) in [7, 11) is 0. The molecule has 0 radical (unpaired) electrons. The van der Waals surface area contributed by atoms with Crippen LogP contribution in [0.1, 0.15) is 10.4 Å². The number of para-hydroxylation sites is 3. The van der Waals surface area contributed by atoms with Gasteiger partial charge in [0.1, 0.15) is 18.4 Å². The first-order valence-electron chi connectivity index (χ1n) is 8.95. The average Bonchev–Trinajstić information content (AvgIpc) is 2.88. The summed E-state index contributed by atoms with van der Waals surface area (Å²) in [5, 5.41) is 8.78. The summed E-state index contributed by atoms with van der Waals surface area (Å²) in [6.07, 6.45) is 0. The molecule has 6 nitrogen and oxygen atoms in total. The molecule has 1 heterocycles. The van der Waals surface area contributed by atoms with Crippen LogP contribution in [0.5, 0.6) is 5.75 Å². The molecule has 0 saturated carbocycles. The largest absolute Gasteiger partial charge is 0.489 e. The van der Waals surface area contributed by atoms with Gasteiger partial charge in [0.2, 0.25) is 0 Å². The number of anilines is 3. The maximum absolute atomic E-state index is 12.7. The highest BCUT2D eigenvalue weighted by atomic mass is 16.5. The number of carbonyl (C=O) groups excluding carboxylic acids is 2. The molecule has 0 bridgehead atoms. The fourth-order valence-corrected chi connectivity index (χ4v) is 2.94. The second-order valence-electron chi connectivity index (χ2n) is 6.39. The molecular weight excluding hydrogens is 354 g/mol. The minimum Gasteiger partial charge on any atom is -0.489 e. The zero-order valence-electron chi connectivity index (χ0n) is 15.0. The highest BCUT2D eigenvalue weighted by molar-refractivity contribution is 6.02. The van der Waals surface area contributed by atoms with Crippen molar-refractivity contribution in [2.24, 2.45) is 0 Å². The Balaban J connectivity index is 1.45. The maximum Gasteiger partial charge on any atom is 0.252 e. The lowest BCUT2D eigenvalue weighted by molar-refractivity contribution is -0.118. The predicted molar refractivity (Wildman–Crippen MR) is 108 cm³/mol. The number of ether oxygens (including phenoxy) is 1. The van der Waals surface area contributed by atoms with E-state index in [-0.39, 0.29) is 18.4 Å². The minimum atomic E-state index is -0.786. The molecule has 28 heavy (non-hydrogen) atoms. The molecule has 3 N–H and O–H groups in total. The van der Waals surface area contributed by atoms with Crippen LogP contribution in [0.4, 0.5) is 17.1 Å². The van der Waals surface area contributed by atoms with Gasteiger partial charge in [-0.1, -0.05) is 36.4 Å². The zero-order chi connectivity index (χ0) is 19.3. The van der Waals surface area contributed by atoms with Crippen LogP contribution in [-0.2, 0) is 4.79 Å². The molecule has 0 aromatic heterocycles. The van der Waals surface area contributed by atoms with E-state index in [9.17, 15) is 9.59 Å². The number of nitrogens with one attached hydrogen (secondary N) is 3. The molecule has 6 heteroatoms. The third kappa shape index (κ3) is 3.96. The van der Waals surface area contributed by atoms with Gasteiger partial charge in [0, 0.05) is 16.9 Å². The first-order chi connectivity index (χ1) is 13.7.